The van der Waals surface area contributed by atoms with E-state index in [0.29, 0.717) is 16.3 Å². The van der Waals surface area contributed by atoms with Crippen LogP contribution >= 0.6 is 11.6 Å². The van der Waals surface area contributed by atoms with Crippen molar-refractivity contribution in [3.63, 3.8) is 0 Å². The molecule has 1 amide bonds. The molecule has 0 radical (unpaired) electrons. The van der Waals surface area contributed by atoms with Crippen LogP contribution in [0, 0.1) is 6.92 Å². The van der Waals surface area contributed by atoms with E-state index in [1.165, 1.54) is 6.92 Å². The standard InChI is InChI=1S/C20H19ClN2O2/c1-12-17(21)8-6-9-18(12)22-20(25)13(2)23-11-16(14(3)24)15-7-4-5-10-19(15)23/h4-11,13H,1-3H3,(H,22,25)/t13-/m0/s1. The summed E-state index contributed by atoms with van der Waals surface area (Å²) in [5, 5.41) is 4.39. The Kier molecular flexibility index (Phi) is 4.64. The monoisotopic (exact) mass is 354 g/mol. The van der Waals surface area contributed by atoms with E-state index in [4.69, 9.17) is 11.6 Å². The second-order valence-corrected chi connectivity index (χ2v) is 6.51. The highest BCUT2D eigenvalue weighted by molar-refractivity contribution is 6.31. The van der Waals surface area contributed by atoms with Crippen LogP contribution in [0.15, 0.2) is 48.7 Å². The summed E-state index contributed by atoms with van der Waals surface area (Å²) in [6.07, 6.45) is 1.75. The highest BCUT2D eigenvalue weighted by Crippen LogP contribution is 2.27. The molecule has 0 fully saturated rings. The van der Waals surface area contributed by atoms with Crippen molar-refractivity contribution >= 4 is 39.9 Å². The SMILES string of the molecule is CC(=O)c1cn([C@@H](C)C(=O)Nc2cccc(Cl)c2C)c2ccccc12. The Labute approximate surface area is 151 Å². The molecule has 0 aliphatic rings. The van der Waals surface area contributed by atoms with Gasteiger partial charge in [-0.3, -0.25) is 9.59 Å². The molecule has 1 N–H and O–H groups in total. The van der Waals surface area contributed by atoms with E-state index in [2.05, 4.69) is 5.32 Å². The average molecular weight is 355 g/mol. The van der Waals surface area contributed by atoms with E-state index in [9.17, 15) is 9.59 Å². The number of fused-ring (bicyclic) bond motifs is 1. The molecule has 2 aromatic carbocycles. The van der Waals surface area contributed by atoms with Gasteiger partial charge in [-0.25, -0.2) is 0 Å². The second-order valence-electron chi connectivity index (χ2n) is 6.10. The predicted molar refractivity (Wildman–Crippen MR) is 101 cm³/mol. The summed E-state index contributed by atoms with van der Waals surface area (Å²) in [6.45, 7) is 5.21. The van der Waals surface area contributed by atoms with Crippen LogP contribution < -0.4 is 5.32 Å². The second kappa shape index (κ2) is 6.73. The predicted octanol–water partition coefficient (Wildman–Crippen LogP) is 5.01. The summed E-state index contributed by atoms with van der Waals surface area (Å²) in [5.41, 5.74) is 2.99. The third kappa shape index (κ3) is 3.17. The maximum atomic E-state index is 12.7. The first kappa shape index (κ1) is 17.2. The third-order valence-electron chi connectivity index (χ3n) is 4.44. The van der Waals surface area contributed by atoms with Crippen LogP contribution in [0.3, 0.4) is 0 Å². The molecule has 1 heterocycles. The van der Waals surface area contributed by atoms with Crippen molar-refractivity contribution in [2.75, 3.05) is 5.32 Å². The molecule has 128 valence electrons. The first-order valence-electron chi connectivity index (χ1n) is 8.06. The number of ketones is 1. The highest BCUT2D eigenvalue weighted by atomic mass is 35.5. The Morgan fingerprint density at radius 1 is 1.12 bits per heavy atom. The molecule has 3 rings (SSSR count). The zero-order chi connectivity index (χ0) is 18.1. The van der Waals surface area contributed by atoms with Crippen LogP contribution in [0.1, 0.15) is 35.8 Å². The van der Waals surface area contributed by atoms with Crippen molar-refractivity contribution in [3.05, 3.63) is 64.8 Å². The van der Waals surface area contributed by atoms with Gasteiger partial charge in [0.15, 0.2) is 5.78 Å². The van der Waals surface area contributed by atoms with Crippen LogP contribution in [0.25, 0.3) is 10.9 Å². The van der Waals surface area contributed by atoms with Gasteiger partial charge in [0.25, 0.3) is 0 Å². The lowest BCUT2D eigenvalue weighted by Crippen LogP contribution is -2.23. The summed E-state index contributed by atoms with van der Waals surface area (Å²) >= 11 is 6.12. The minimum atomic E-state index is -0.476. The molecule has 0 bridgehead atoms. The van der Waals surface area contributed by atoms with E-state index in [1.54, 1.807) is 18.3 Å². The van der Waals surface area contributed by atoms with Gasteiger partial charge in [0.1, 0.15) is 6.04 Å². The Morgan fingerprint density at radius 3 is 2.56 bits per heavy atom. The zero-order valence-electron chi connectivity index (χ0n) is 14.3. The van der Waals surface area contributed by atoms with Gasteiger partial charge in [-0.05, 0) is 44.5 Å². The lowest BCUT2D eigenvalue weighted by atomic mass is 10.1. The lowest BCUT2D eigenvalue weighted by molar-refractivity contribution is -0.118. The summed E-state index contributed by atoms with van der Waals surface area (Å²) < 4.78 is 1.83. The number of carbonyl (C=O) groups excluding carboxylic acids is 2. The van der Waals surface area contributed by atoms with Gasteiger partial charge >= 0.3 is 0 Å². The molecule has 1 atom stereocenters. The van der Waals surface area contributed by atoms with E-state index >= 15 is 0 Å². The molecule has 0 aliphatic heterocycles. The van der Waals surface area contributed by atoms with Gasteiger partial charge in [-0.15, -0.1) is 0 Å². The molecule has 0 saturated carbocycles. The van der Waals surface area contributed by atoms with Crippen molar-refractivity contribution in [2.24, 2.45) is 0 Å². The van der Waals surface area contributed by atoms with Crippen molar-refractivity contribution < 1.29 is 9.59 Å². The first-order chi connectivity index (χ1) is 11.9. The van der Waals surface area contributed by atoms with Crippen LogP contribution in [0.5, 0.6) is 0 Å². The number of benzene rings is 2. The fraction of sp³-hybridized carbons (Fsp3) is 0.200. The van der Waals surface area contributed by atoms with Gasteiger partial charge in [0, 0.05) is 33.4 Å². The quantitative estimate of drug-likeness (QED) is 0.670. The van der Waals surface area contributed by atoms with E-state index in [-0.39, 0.29) is 11.7 Å². The molecule has 0 unspecified atom stereocenters. The van der Waals surface area contributed by atoms with Gasteiger partial charge in [0.05, 0.1) is 0 Å². The summed E-state index contributed by atoms with van der Waals surface area (Å²) in [7, 11) is 0. The molecule has 5 heteroatoms. The molecule has 0 aliphatic carbocycles. The fourth-order valence-electron chi connectivity index (χ4n) is 2.91. The Hall–Kier alpha value is -2.59. The smallest absolute Gasteiger partial charge is 0.247 e. The summed E-state index contributed by atoms with van der Waals surface area (Å²) in [6, 6.07) is 12.5. The topological polar surface area (TPSA) is 51.1 Å². The van der Waals surface area contributed by atoms with Crippen LogP contribution in [0.2, 0.25) is 5.02 Å². The van der Waals surface area contributed by atoms with E-state index in [0.717, 1.165) is 16.5 Å². The number of amides is 1. The Bertz CT molecular complexity index is 975. The Morgan fingerprint density at radius 2 is 1.84 bits per heavy atom. The number of Topliss-reactive ketones (excluding diaryl/α,β-unsaturated/α-hetero) is 1. The number of para-hydroxylation sites is 1. The average Bonchev–Trinajstić information content (AvgIpc) is 2.98. The minimum absolute atomic E-state index is 0.0201. The molecular weight excluding hydrogens is 336 g/mol. The fourth-order valence-corrected chi connectivity index (χ4v) is 3.09. The molecule has 0 saturated heterocycles. The normalized spacial score (nSPS) is 12.2. The number of nitrogens with one attached hydrogen (secondary N) is 1. The first-order valence-corrected chi connectivity index (χ1v) is 8.44. The molecule has 4 nitrogen and oxygen atoms in total. The Balaban J connectivity index is 1.96. The number of carbonyl (C=O) groups is 2. The van der Waals surface area contributed by atoms with Crippen molar-refractivity contribution in [1.29, 1.82) is 0 Å². The van der Waals surface area contributed by atoms with E-state index in [1.807, 2.05) is 48.7 Å². The number of anilines is 1. The number of nitrogens with zero attached hydrogens (tertiary/aromatic N) is 1. The van der Waals surface area contributed by atoms with Crippen molar-refractivity contribution in [1.82, 2.24) is 4.57 Å². The molecule has 1 aromatic heterocycles. The molecule has 25 heavy (non-hydrogen) atoms. The minimum Gasteiger partial charge on any atom is -0.335 e. The number of hydrogen-bond acceptors (Lipinski definition) is 2. The van der Waals surface area contributed by atoms with Crippen LogP contribution in [-0.4, -0.2) is 16.3 Å². The van der Waals surface area contributed by atoms with Crippen molar-refractivity contribution in [3.8, 4) is 0 Å². The zero-order valence-corrected chi connectivity index (χ0v) is 15.1. The third-order valence-corrected chi connectivity index (χ3v) is 4.85. The number of halogens is 1. The van der Waals surface area contributed by atoms with Gasteiger partial charge < -0.3 is 9.88 Å². The van der Waals surface area contributed by atoms with Crippen LogP contribution in [-0.2, 0) is 4.79 Å². The largest absolute Gasteiger partial charge is 0.335 e. The highest BCUT2D eigenvalue weighted by Gasteiger charge is 2.20. The molecular formula is C20H19ClN2O2. The number of aromatic nitrogens is 1. The number of hydrogen-bond donors (Lipinski definition) is 1. The maximum Gasteiger partial charge on any atom is 0.247 e. The van der Waals surface area contributed by atoms with Gasteiger partial charge in [0.2, 0.25) is 5.91 Å². The lowest BCUT2D eigenvalue weighted by Gasteiger charge is -2.17. The summed E-state index contributed by atoms with van der Waals surface area (Å²) in [5.74, 6) is -0.186. The van der Waals surface area contributed by atoms with Crippen LogP contribution in [0.4, 0.5) is 5.69 Å². The summed E-state index contributed by atoms with van der Waals surface area (Å²) in [4.78, 5) is 24.6. The van der Waals surface area contributed by atoms with Gasteiger partial charge in [-0.2, -0.15) is 0 Å². The van der Waals surface area contributed by atoms with E-state index < -0.39 is 6.04 Å². The maximum absolute atomic E-state index is 12.7. The number of rotatable bonds is 4. The molecule has 0 spiro atoms. The molecule has 3 aromatic rings. The van der Waals surface area contributed by atoms with Crippen molar-refractivity contribution in [2.45, 2.75) is 26.8 Å². The van der Waals surface area contributed by atoms with Gasteiger partial charge in [-0.1, -0.05) is 35.9 Å².